The van der Waals surface area contributed by atoms with Gasteiger partial charge in [0.15, 0.2) is 5.82 Å². The smallest absolute Gasteiger partial charge is 0.220 e. The second-order valence-electron chi connectivity index (χ2n) is 9.80. The Labute approximate surface area is 230 Å². The van der Waals surface area contributed by atoms with Gasteiger partial charge in [-0.3, -0.25) is 8.97 Å². The Kier molecular flexibility index (Phi) is 5.07. The molecule has 188 valence electrons. The number of nitrogens with zero attached hydrogens (tertiary/aromatic N) is 5. The van der Waals surface area contributed by atoms with Gasteiger partial charge in [-0.2, -0.15) is 0 Å². The molecule has 0 aliphatic carbocycles. The third-order valence-corrected chi connectivity index (χ3v) is 7.36. The summed E-state index contributed by atoms with van der Waals surface area (Å²) in [5.41, 5.74) is 10.2. The minimum absolute atomic E-state index is 0.695. The summed E-state index contributed by atoms with van der Waals surface area (Å²) in [5, 5.41) is 0. The predicted molar refractivity (Wildman–Crippen MR) is 161 cm³/mol. The second kappa shape index (κ2) is 9.03. The number of rotatable bonds is 4. The summed E-state index contributed by atoms with van der Waals surface area (Å²) in [5.74, 6) is 1.59. The van der Waals surface area contributed by atoms with Crippen molar-refractivity contribution in [1.29, 1.82) is 0 Å². The fourth-order valence-electron chi connectivity index (χ4n) is 5.45. The first-order chi connectivity index (χ1) is 19.8. The molecule has 5 aromatic carbocycles. The van der Waals surface area contributed by atoms with Crippen molar-refractivity contribution >= 4 is 27.8 Å². The lowest BCUT2D eigenvalue weighted by Crippen LogP contribution is -1.97. The lowest BCUT2D eigenvalue weighted by molar-refractivity contribution is 1.11. The van der Waals surface area contributed by atoms with E-state index in [0.29, 0.717) is 5.82 Å². The van der Waals surface area contributed by atoms with Crippen molar-refractivity contribution in [2.24, 2.45) is 0 Å². The first-order valence-electron chi connectivity index (χ1n) is 13.3. The molecule has 0 N–H and O–H groups in total. The van der Waals surface area contributed by atoms with Gasteiger partial charge in [0.1, 0.15) is 0 Å². The molecule has 3 heterocycles. The van der Waals surface area contributed by atoms with Gasteiger partial charge in [0.2, 0.25) is 5.78 Å². The van der Waals surface area contributed by atoms with Crippen molar-refractivity contribution < 1.29 is 0 Å². The number of benzene rings is 5. The molecule has 5 heteroatoms. The van der Waals surface area contributed by atoms with E-state index in [9.17, 15) is 0 Å². The van der Waals surface area contributed by atoms with Gasteiger partial charge in [-0.15, -0.1) is 0 Å². The summed E-state index contributed by atoms with van der Waals surface area (Å²) in [7, 11) is 0. The Morgan fingerprint density at radius 3 is 1.62 bits per heavy atom. The molecule has 0 atom stereocenters. The van der Waals surface area contributed by atoms with E-state index in [1.54, 1.807) is 0 Å². The van der Waals surface area contributed by atoms with Gasteiger partial charge < -0.3 is 0 Å². The summed E-state index contributed by atoms with van der Waals surface area (Å²) < 4.78 is 4.45. The van der Waals surface area contributed by atoms with Gasteiger partial charge in [0.25, 0.3) is 0 Å². The zero-order valence-electron chi connectivity index (χ0n) is 21.5. The van der Waals surface area contributed by atoms with Crippen LogP contribution in [0.3, 0.4) is 0 Å². The molecule has 0 saturated heterocycles. The highest BCUT2D eigenvalue weighted by atomic mass is 15.2. The topological polar surface area (TPSA) is 48.0 Å². The van der Waals surface area contributed by atoms with Crippen LogP contribution in [0.25, 0.3) is 67.4 Å². The average Bonchev–Trinajstić information content (AvgIpc) is 3.56. The summed E-state index contributed by atoms with van der Waals surface area (Å²) in [6.45, 7) is 0. The molecule has 0 spiro atoms. The van der Waals surface area contributed by atoms with Gasteiger partial charge in [-0.05, 0) is 54.6 Å². The van der Waals surface area contributed by atoms with Crippen molar-refractivity contribution in [1.82, 2.24) is 23.9 Å². The third-order valence-electron chi connectivity index (χ3n) is 7.36. The van der Waals surface area contributed by atoms with Crippen molar-refractivity contribution in [2.45, 2.75) is 0 Å². The Balaban J connectivity index is 1.28. The van der Waals surface area contributed by atoms with E-state index in [1.807, 2.05) is 42.5 Å². The molecule has 40 heavy (non-hydrogen) atoms. The van der Waals surface area contributed by atoms with E-state index < -0.39 is 0 Å². The zero-order chi connectivity index (χ0) is 26.5. The molecule has 3 aromatic heterocycles. The van der Waals surface area contributed by atoms with Crippen LogP contribution in [0.5, 0.6) is 0 Å². The van der Waals surface area contributed by atoms with Crippen LogP contribution in [0.4, 0.5) is 0 Å². The van der Waals surface area contributed by atoms with Crippen LogP contribution in [0.2, 0.25) is 0 Å². The number of imidazole rings is 2. The van der Waals surface area contributed by atoms with Crippen LogP contribution in [0, 0.1) is 0 Å². The molecule has 0 aliphatic heterocycles. The molecule has 0 fully saturated rings. The monoisotopic (exact) mass is 513 g/mol. The van der Waals surface area contributed by atoms with Crippen LogP contribution in [0.1, 0.15) is 0 Å². The summed E-state index contributed by atoms with van der Waals surface area (Å²) in [6.07, 6.45) is 0. The average molecular weight is 514 g/mol. The quantitative estimate of drug-likeness (QED) is 0.238. The van der Waals surface area contributed by atoms with E-state index in [1.165, 1.54) is 0 Å². The van der Waals surface area contributed by atoms with E-state index in [4.69, 9.17) is 15.0 Å². The van der Waals surface area contributed by atoms with Crippen molar-refractivity contribution in [3.63, 3.8) is 0 Å². The number of para-hydroxylation sites is 4. The van der Waals surface area contributed by atoms with Gasteiger partial charge in [-0.25, -0.2) is 15.0 Å². The SMILES string of the molecule is c1ccc(-c2cc(-c3ccccc3)nc(-c3ccc(-n4c5ccccc5n5c6ccccc6nc45)cc3)n2)cc1. The first kappa shape index (κ1) is 22.4. The molecule has 0 radical (unpaired) electrons. The molecule has 5 nitrogen and oxygen atoms in total. The number of hydrogen-bond acceptors (Lipinski definition) is 3. The maximum atomic E-state index is 5.00. The van der Waals surface area contributed by atoms with Gasteiger partial charge in [-0.1, -0.05) is 84.9 Å². The number of fused-ring (bicyclic) bond motifs is 5. The van der Waals surface area contributed by atoms with Crippen molar-refractivity contribution in [3.8, 4) is 39.6 Å². The van der Waals surface area contributed by atoms with E-state index >= 15 is 0 Å². The van der Waals surface area contributed by atoms with Gasteiger partial charge in [0.05, 0.1) is 33.5 Å². The fraction of sp³-hybridized carbons (Fsp3) is 0. The molecule has 0 bridgehead atoms. The predicted octanol–water partition coefficient (Wildman–Crippen LogP) is 8.22. The van der Waals surface area contributed by atoms with Crippen LogP contribution in [-0.4, -0.2) is 23.9 Å². The molecular formula is C35H23N5. The summed E-state index contributed by atoms with van der Waals surface area (Å²) in [4.78, 5) is 15.0. The third kappa shape index (κ3) is 3.60. The van der Waals surface area contributed by atoms with Gasteiger partial charge in [0, 0.05) is 22.4 Å². The Morgan fingerprint density at radius 1 is 0.425 bits per heavy atom. The van der Waals surface area contributed by atoms with Crippen LogP contribution >= 0.6 is 0 Å². The minimum Gasteiger partial charge on any atom is -0.278 e. The molecule has 0 amide bonds. The Morgan fingerprint density at radius 2 is 0.975 bits per heavy atom. The standard InChI is InChI=1S/C35H23N5/c1-3-11-24(12-4-1)29-23-30(25-13-5-2-6-14-25)37-34(36-29)26-19-21-27(22-20-26)39-32-17-9-10-18-33(32)40-31-16-8-7-15-28(31)38-35(39)40/h1-23H. The molecule has 8 aromatic rings. The van der Waals surface area contributed by atoms with E-state index in [2.05, 4.69) is 106 Å². The molecule has 0 unspecified atom stereocenters. The highest BCUT2D eigenvalue weighted by molar-refractivity contribution is 5.92. The molecule has 0 aliphatic rings. The molecule has 8 rings (SSSR count). The first-order valence-corrected chi connectivity index (χ1v) is 13.3. The Hall–Kier alpha value is -5.55. The Bertz CT molecular complexity index is 2080. The summed E-state index contributed by atoms with van der Waals surface area (Å²) in [6, 6.07) is 47.8. The normalized spacial score (nSPS) is 11.5. The van der Waals surface area contributed by atoms with Crippen LogP contribution in [-0.2, 0) is 0 Å². The lowest BCUT2D eigenvalue weighted by atomic mass is 10.1. The fourth-order valence-corrected chi connectivity index (χ4v) is 5.45. The largest absolute Gasteiger partial charge is 0.278 e. The highest BCUT2D eigenvalue weighted by Crippen LogP contribution is 2.31. The zero-order valence-corrected chi connectivity index (χ0v) is 21.5. The van der Waals surface area contributed by atoms with Gasteiger partial charge >= 0.3 is 0 Å². The van der Waals surface area contributed by atoms with Crippen LogP contribution < -0.4 is 0 Å². The number of aromatic nitrogens is 5. The highest BCUT2D eigenvalue weighted by Gasteiger charge is 2.17. The maximum Gasteiger partial charge on any atom is 0.220 e. The summed E-state index contributed by atoms with van der Waals surface area (Å²) >= 11 is 0. The molecular weight excluding hydrogens is 490 g/mol. The van der Waals surface area contributed by atoms with Crippen molar-refractivity contribution in [3.05, 3.63) is 140 Å². The van der Waals surface area contributed by atoms with Crippen LogP contribution in [0.15, 0.2) is 140 Å². The number of hydrogen-bond donors (Lipinski definition) is 0. The second-order valence-corrected chi connectivity index (χ2v) is 9.80. The van der Waals surface area contributed by atoms with E-state index in [0.717, 1.165) is 61.6 Å². The van der Waals surface area contributed by atoms with Crippen molar-refractivity contribution in [2.75, 3.05) is 0 Å². The van der Waals surface area contributed by atoms with E-state index in [-0.39, 0.29) is 0 Å². The minimum atomic E-state index is 0.695. The molecule has 0 saturated carbocycles. The maximum absolute atomic E-state index is 5.00. The lowest BCUT2D eigenvalue weighted by Gasteiger charge is -2.10.